The second-order valence-electron chi connectivity index (χ2n) is 7.12. The number of benzene rings is 1. The fourth-order valence-corrected chi connectivity index (χ4v) is 3.09. The van der Waals surface area contributed by atoms with Gasteiger partial charge in [0.15, 0.2) is 11.5 Å². The van der Waals surface area contributed by atoms with Gasteiger partial charge in [-0.1, -0.05) is 44.2 Å². The molecule has 0 fully saturated rings. The van der Waals surface area contributed by atoms with Crippen LogP contribution in [-0.2, 0) is 13.6 Å². The molecule has 0 radical (unpaired) electrons. The van der Waals surface area contributed by atoms with Crippen molar-refractivity contribution in [1.82, 2.24) is 29.4 Å². The van der Waals surface area contributed by atoms with Gasteiger partial charge in [0.05, 0.1) is 17.6 Å². The zero-order chi connectivity index (χ0) is 19.7. The highest BCUT2D eigenvalue weighted by Crippen LogP contribution is 2.23. The van der Waals surface area contributed by atoms with Crippen molar-refractivity contribution in [3.8, 4) is 0 Å². The van der Waals surface area contributed by atoms with Crippen LogP contribution in [0.3, 0.4) is 0 Å². The van der Waals surface area contributed by atoms with Crippen LogP contribution < -0.4 is 10.6 Å². The summed E-state index contributed by atoms with van der Waals surface area (Å²) in [5, 5.41) is 15.7. The second kappa shape index (κ2) is 7.30. The van der Waals surface area contributed by atoms with E-state index in [1.165, 1.54) is 5.56 Å². The maximum absolute atomic E-state index is 4.68. The molecule has 0 saturated carbocycles. The van der Waals surface area contributed by atoms with E-state index in [1.807, 2.05) is 48.9 Å². The minimum absolute atomic E-state index is 0.290. The molecule has 3 aromatic heterocycles. The summed E-state index contributed by atoms with van der Waals surface area (Å²) in [6, 6.07) is 12.2. The number of hydrogen-bond donors (Lipinski definition) is 2. The Morgan fingerprint density at radius 1 is 1.11 bits per heavy atom. The summed E-state index contributed by atoms with van der Waals surface area (Å²) in [5.41, 5.74) is 3.85. The molecular formula is C20H24N8. The highest BCUT2D eigenvalue weighted by atomic mass is 15.4. The monoisotopic (exact) mass is 376 g/mol. The molecule has 0 amide bonds. The van der Waals surface area contributed by atoms with Gasteiger partial charge >= 0.3 is 0 Å². The third-order valence-corrected chi connectivity index (χ3v) is 4.52. The predicted molar refractivity (Wildman–Crippen MR) is 110 cm³/mol. The van der Waals surface area contributed by atoms with Gasteiger partial charge in [0.1, 0.15) is 5.82 Å². The smallest absolute Gasteiger partial charge is 0.248 e. The van der Waals surface area contributed by atoms with Crippen LogP contribution in [0.2, 0.25) is 0 Å². The highest BCUT2D eigenvalue weighted by Gasteiger charge is 2.16. The summed E-state index contributed by atoms with van der Waals surface area (Å²) in [7, 11) is 1.89. The van der Waals surface area contributed by atoms with E-state index in [9.17, 15) is 0 Å². The summed E-state index contributed by atoms with van der Waals surface area (Å²) in [6.07, 6.45) is 1.86. The van der Waals surface area contributed by atoms with Crippen molar-refractivity contribution in [2.45, 2.75) is 33.2 Å². The van der Waals surface area contributed by atoms with Gasteiger partial charge in [-0.2, -0.15) is 10.1 Å². The number of anilines is 3. The Morgan fingerprint density at radius 2 is 1.89 bits per heavy atom. The third-order valence-electron chi connectivity index (χ3n) is 4.52. The van der Waals surface area contributed by atoms with Gasteiger partial charge in [0.25, 0.3) is 0 Å². The summed E-state index contributed by atoms with van der Waals surface area (Å²) in [6.45, 7) is 6.86. The van der Waals surface area contributed by atoms with Crippen LogP contribution in [0, 0.1) is 6.92 Å². The number of aromatic nitrogens is 6. The van der Waals surface area contributed by atoms with Crippen LogP contribution in [0.25, 0.3) is 5.65 Å². The zero-order valence-corrected chi connectivity index (χ0v) is 16.5. The minimum atomic E-state index is 0.290. The van der Waals surface area contributed by atoms with E-state index in [2.05, 4.69) is 56.8 Å². The van der Waals surface area contributed by atoms with Crippen molar-refractivity contribution in [2.24, 2.45) is 7.05 Å². The van der Waals surface area contributed by atoms with Gasteiger partial charge in [-0.05, 0) is 18.4 Å². The number of rotatable bonds is 6. The molecule has 0 unspecified atom stereocenters. The van der Waals surface area contributed by atoms with E-state index in [1.54, 1.807) is 4.68 Å². The average Bonchev–Trinajstić information content (AvgIpc) is 3.23. The molecule has 0 bridgehead atoms. The van der Waals surface area contributed by atoms with Crippen molar-refractivity contribution in [3.63, 3.8) is 0 Å². The molecule has 0 saturated heterocycles. The van der Waals surface area contributed by atoms with Gasteiger partial charge < -0.3 is 10.6 Å². The molecule has 4 aromatic rings. The lowest BCUT2D eigenvalue weighted by atomic mass is 10.2. The molecule has 3 heterocycles. The molecule has 8 nitrogen and oxygen atoms in total. The maximum Gasteiger partial charge on any atom is 0.248 e. The number of nitrogens with zero attached hydrogens (tertiary/aromatic N) is 6. The lowest BCUT2D eigenvalue weighted by molar-refractivity contribution is 0.747. The van der Waals surface area contributed by atoms with Gasteiger partial charge in [-0.15, -0.1) is 5.10 Å². The maximum atomic E-state index is 4.68. The Morgan fingerprint density at radius 3 is 2.57 bits per heavy atom. The Bertz CT molecular complexity index is 1090. The van der Waals surface area contributed by atoms with Crippen LogP contribution in [0.5, 0.6) is 0 Å². The molecule has 2 N–H and O–H groups in total. The molecule has 8 heteroatoms. The van der Waals surface area contributed by atoms with Crippen molar-refractivity contribution < 1.29 is 0 Å². The van der Waals surface area contributed by atoms with Crippen LogP contribution in [0.1, 0.15) is 36.7 Å². The molecule has 4 rings (SSSR count). The molecular weight excluding hydrogens is 352 g/mol. The van der Waals surface area contributed by atoms with Crippen LogP contribution in [0.4, 0.5) is 17.6 Å². The molecule has 1 aromatic carbocycles. The van der Waals surface area contributed by atoms with Crippen molar-refractivity contribution in [1.29, 1.82) is 0 Å². The van der Waals surface area contributed by atoms with Crippen molar-refractivity contribution in [3.05, 3.63) is 59.5 Å². The quantitative estimate of drug-likeness (QED) is 0.534. The number of aryl methyl sites for hydroxylation is 2. The van der Waals surface area contributed by atoms with Gasteiger partial charge in [-0.25, -0.2) is 9.50 Å². The Balaban J connectivity index is 1.72. The number of imidazole rings is 1. The normalized spacial score (nSPS) is 11.3. The fourth-order valence-electron chi connectivity index (χ4n) is 3.09. The van der Waals surface area contributed by atoms with Crippen molar-refractivity contribution in [2.75, 3.05) is 10.6 Å². The second-order valence-corrected chi connectivity index (χ2v) is 7.12. The van der Waals surface area contributed by atoms with Crippen molar-refractivity contribution >= 4 is 23.2 Å². The van der Waals surface area contributed by atoms with Gasteiger partial charge in [0, 0.05) is 19.7 Å². The standard InChI is InChI=1S/C20H24N8/c1-13(2)16-12-22-19-18(21-11-15-8-6-5-7-9-15)24-20(26-28(16)19)23-17-10-14(3)25-27(17)4/h5-10,12-13H,11H2,1-4H3,(H2,21,23,24,26). The Kier molecular flexibility index (Phi) is 4.68. The highest BCUT2D eigenvalue weighted by molar-refractivity contribution is 5.65. The molecule has 0 aliphatic heterocycles. The largest absolute Gasteiger partial charge is 0.363 e. The summed E-state index contributed by atoms with van der Waals surface area (Å²) < 4.78 is 3.63. The third kappa shape index (κ3) is 3.53. The van der Waals surface area contributed by atoms with Crippen LogP contribution in [0.15, 0.2) is 42.6 Å². The zero-order valence-electron chi connectivity index (χ0n) is 16.5. The van der Waals surface area contributed by atoms with E-state index in [0.717, 1.165) is 17.2 Å². The number of nitrogens with one attached hydrogen (secondary N) is 2. The van der Waals surface area contributed by atoms with E-state index < -0.39 is 0 Å². The van der Waals surface area contributed by atoms with Crippen LogP contribution >= 0.6 is 0 Å². The number of hydrogen-bond acceptors (Lipinski definition) is 6. The van der Waals surface area contributed by atoms with E-state index in [-0.39, 0.29) is 0 Å². The first-order chi connectivity index (χ1) is 13.5. The SMILES string of the molecule is Cc1cc(Nc2nc(NCc3ccccc3)c3ncc(C(C)C)n3n2)n(C)n1. The first kappa shape index (κ1) is 18.0. The fraction of sp³-hybridized carbons (Fsp3) is 0.300. The summed E-state index contributed by atoms with van der Waals surface area (Å²) in [5.74, 6) is 2.30. The minimum Gasteiger partial charge on any atom is -0.363 e. The summed E-state index contributed by atoms with van der Waals surface area (Å²) in [4.78, 5) is 9.23. The van der Waals surface area contributed by atoms with E-state index in [0.29, 0.717) is 29.9 Å². The Labute approximate surface area is 163 Å². The lowest BCUT2D eigenvalue weighted by Gasteiger charge is -2.12. The summed E-state index contributed by atoms with van der Waals surface area (Å²) >= 11 is 0. The van der Waals surface area contributed by atoms with E-state index >= 15 is 0 Å². The first-order valence-electron chi connectivity index (χ1n) is 9.32. The Hall–Kier alpha value is -3.42. The predicted octanol–water partition coefficient (Wildman–Crippen LogP) is 3.65. The molecule has 0 aliphatic carbocycles. The molecule has 144 valence electrons. The lowest BCUT2D eigenvalue weighted by Crippen LogP contribution is -2.11. The van der Waals surface area contributed by atoms with Crippen LogP contribution in [-0.4, -0.2) is 29.4 Å². The molecule has 0 atom stereocenters. The molecule has 28 heavy (non-hydrogen) atoms. The van der Waals surface area contributed by atoms with Gasteiger partial charge in [-0.3, -0.25) is 4.68 Å². The first-order valence-corrected chi connectivity index (χ1v) is 9.32. The van der Waals surface area contributed by atoms with Gasteiger partial charge in [0.2, 0.25) is 5.95 Å². The number of fused-ring (bicyclic) bond motifs is 1. The van der Waals surface area contributed by atoms with E-state index in [4.69, 9.17) is 0 Å². The average molecular weight is 376 g/mol. The topological polar surface area (TPSA) is 85.0 Å². The molecule has 0 spiro atoms. The molecule has 0 aliphatic rings.